The molecule has 1 aromatic carbocycles. The molecular formula is C27H36N6O3. The zero-order valence-corrected chi connectivity index (χ0v) is 21.3. The van der Waals surface area contributed by atoms with Crippen molar-refractivity contribution in [3.05, 3.63) is 74.4 Å². The Bertz CT molecular complexity index is 1290. The van der Waals surface area contributed by atoms with Gasteiger partial charge in [-0.15, -0.1) is 0 Å². The van der Waals surface area contributed by atoms with Crippen LogP contribution in [0.1, 0.15) is 30.9 Å². The Morgan fingerprint density at radius 1 is 0.944 bits per heavy atom. The maximum Gasteiger partial charge on any atom is 0.318 e. The number of carbonyl (C=O) groups excluding carboxylic acids is 1. The SMILES string of the molecule is CCCN1CCN(CCCNC(=O)Cn2c(=O)c(=O)n(Cc3ccc(C)cc3)c3ncccc32)CC1. The molecule has 1 aliphatic rings. The van der Waals surface area contributed by atoms with E-state index in [-0.39, 0.29) is 19.0 Å². The predicted molar refractivity (Wildman–Crippen MR) is 141 cm³/mol. The molecular weight excluding hydrogens is 456 g/mol. The first-order chi connectivity index (χ1) is 17.5. The number of piperazine rings is 1. The Morgan fingerprint density at radius 2 is 1.61 bits per heavy atom. The van der Waals surface area contributed by atoms with Crippen molar-refractivity contribution >= 4 is 17.1 Å². The number of fused-ring (bicyclic) bond motifs is 1. The van der Waals surface area contributed by atoms with Crippen LogP contribution < -0.4 is 16.4 Å². The summed E-state index contributed by atoms with van der Waals surface area (Å²) in [5.74, 6) is -0.286. The maximum atomic E-state index is 13.0. The molecule has 0 unspecified atom stereocenters. The van der Waals surface area contributed by atoms with E-state index in [1.165, 1.54) is 15.6 Å². The number of pyridine rings is 1. The van der Waals surface area contributed by atoms with Gasteiger partial charge in [0.25, 0.3) is 0 Å². The number of benzene rings is 1. The number of nitrogens with one attached hydrogen (secondary N) is 1. The molecule has 1 amide bonds. The molecule has 1 saturated heterocycles. The summed E-state index contributed by atoms with van der Waals surface area (Å²) in [6.45, 7) is 11.2. The van der Waals surface area contributed by atoms with E-state index in [2.05, 4.69) is 27.0 Å². The van der Waals surface area contributed by atoms with Crippen LogP contribution in [0.5, 0.6) is 0 Å². The number of hydrogen-bond donors (Lipinski definition) is 1. The zero-order valence-electron chi connectivity index (χ0n) is 21.3. The Balaban J connectivity index is 1.39. The molecule has 0 saturated carbocycles. The lowest BCUT2D eigenvalue weighted by molar-refractivity contribution is -0.121. The van der Waals surface area contributed by atoms with Crippen LogP contribution in [0.2, 0.25) is 0 Å². The van der Waals surface area contributed by atoms with E-state index in [1.54, 1.807) is 18.3 Å². The van der Waals surface area contributed by atoms with Crippen LogP contribution >= 0.6 is 0 Å². The third-order valence-electron chi connectivity index (χ3n) is 6.73. The topological polar surface area (TPSA) is 92.5 Å². The first-order valence-corrected chi connectivity index (χ1v) is 12.8. The number of amides is 1. The standard InChI is InChI=1S/C27H36N6O3/c1-3-13-30-15-17-31(18-16-30)14-5-12-28-24(34)20-32-23-6-4-11-29-25(23)33(27(36)26(32)35)19-22-9-7-21(2)8-10-22/h4,6-11H,3,5,12-20H2,1-2H3,(H,28,34). The molecule has 192 valence electrons. The fraction of sp³-hybridized carbons (Fsp3) is 0.481. The molecule has 1 N–H and O–H groups in total. The molecule has 0 bridgehead atoms. The molecule has 3 aromatic rings. The Hall–Kier alpha value is -3.30. The molecule has 36 heavy (non-hydrogen) atoms. The fourth-order valence-corrected chi connectivity index (χ4v) is 4.71. The van der Waals surface area contributed by atoms with Crippen molar-refractivity contribution in [2.45, 2.75) is 39.8 Å². The van der Waals surface area contributed by atoms with Gasteiger partial charge in [0, 0.05) is 38.9 Å². The molecule has 9 nitrogen and oxygen atoms in total. The molecule has 0 atom stereocenters. The molecule has 1 aliphatic heterocycles. The fourth-order valence-electron chi connectivity index (χ4n) is 4.71. The van der Waals surface area contributed by atoms with Crippen LogP contribution in [0, 0.1) is 6.92 Å². The van der Waals surface area contributed by atoms with E-state index in [4.69, 9.17) is 0 Å². The Morgan fingerprint density at radius 3 is 2.31 bits per heavy atom. The minimum absolute atomic E-state index is 0.211. The van der Waals surface area contributed by atoms with Gasteiger partial charge in [0.05, 0.1) is 12.1 Å². The average Bonchev–Trinajstić information content (AvgIpc) is 2.89. The number of aryl methyl sites for hydroxylation is 1. The largest absolute Gasteiger partial charge is 0.355 e. The zero-order chi connectivity index (χ0) is 25.5. The van der Waals surface area contributed by atoms with Gasteiger partial charge in [-0.3, -0.25) is 23.5 Å². The van der Waals surface area contributed by atoms with Gasteiger partial charge in [-0.1, -0.05) is 36.8 Å². The van der Waals surface area contributed by atoms with E-state index < -0.39 is 11.1 Å². The third kappa shape index (κ3) is 6.27. The van der Waals surface area contributed by atoms with Crippen molar-refractivity contribution in [2.24, 2.45) is 0 Å². The molecule has 0 radical (unpaired) electrons. The summed E-state index contributed by atoms with van der Waals surface area (Å²) in [6.07, 6.45) is 3.61. The molecule has 9 heteroatoms. The Kier molecular flexibility index (Phi) is 8.66. The molecule has 0 aliphatic carbocycles. The van der Waals surface area contributed by atoms with Gasteiger partial charge in [0.2, 0.25) is 5.91 Å². The van der Waals surface area contributed by atoms with Gasteiger partial charge in [-0.05, 0) is 50.6 Å². The van der Waals surface area contributed by atoms with Crippen LogP contribution in [-0.4, -0.2) is 75.6 Å². The summed E-state index contributed by atoms with van der Waals surface area (Å²) in [6, 6.07) is 11.2. The Labute approximate surface area is 211 Å². The maximum absolute atomic E-state index is 13.0. The van der Waals surface area contributed by atoms with Gasteiger partial charge < -0.3 is 15.1 Å². The van der Waals surface area contributed by atoms with E-state index in [1.807, 2.05) is 31.2 Å². The normalized spacial score (nSPS) is 14.8. The second-order valence-corrected chi connectivity index (χ2v) is 9.50. The minimum Gasteiger partial charge on any atom is -0.355 e. The highest BCUT2D eigenvalue weighted by Crippen LogP contribution is 2.11. The summed E-state index contributed by atoms with van der Waals surface area (Å²) in [5.41, 5.74) is 1.47. The van der Waals surface area contributed by atoms with Crippen LogP contribution in [0.15, 0.2) is 52.2 Å². The number of rotatable bonds is 10. The van der Waals surface area contributed by atoms with Crippen LogP contribution in [0.3, 0.4) is 0 Å². The van der Waals surface area contributed by atoms with Gasteiger partial charge in [-0.25, -0.2) is 4.98 Å². The quantitative estimate of drug-likeness (QED) is 0.340. The summed E-state index contributed by atoms with van der Waals surface area (Å²) in [4.78, 5) is 48.0. The van der Waals surface area contributed by atoms with Gasteiger partial charge >= 0.3 is 11.1 Å². The molecule has 0 spiro atoms. The average molecular weight is 493 g/mol. The predicted octanol–water partition coefficient (Wildman–Crippen LogP) is 1.45. The van der Waals surface area contributed by atoms with Crippen molar-refractivity contribution in [1.29, 1.82) is 0 Å². The van der Waals surface area contributed by atoms with Crippen LogP contribution in [0.25, 0.3) is 11.2 Å². The molecule has 2 aromatic heterocycles. The first-order valence-electron chi connectivity index (χ1n) is 12.8. The summed E-state index contributed by atoms with van der Waals surface area (Å²) < 4.78 is 2.62. The highest BCUT2D eigenvalue weighted by molar-refractivity contribution is 5.78. The van der Waals surface area contributed by atoms with Crippen molar-refractivity contribution in [3.8, 4) is 0 Å². The van der Waals surface area contributed by atoms with E-state index in [0.29, 0.717) is 17.7 Å². The van der Waals surface area contributed by atoms with E-state index >= 15 is 0 Å². The van der Waals surface area contributed by atoms with Gasteiger partial charge in [0.15, 0.2) is 5.65 Å². The van der Waals surface area contributed by atoms with Crippen molar-refractivity contribution in [1.82, 2.24) is 29.2 Å². The second-order valence-electron chi connectivity index (χ2n) is 9.50. The van der Waals surface area contributed by atoms with Gasteiger partial charge in [-0.2, -0.15) is 0 Å². The van der Waals surface area contributed by atoms with Crippen LogP contribution in [0.4, 0.5) is 0 Å². The van der Waals surface area contributed by atoms with Crippen molar-refractivity contribution in [2.75, 3.05) is 45.8 Å². The van der Waals surface area contributed by atoms with E-state index in [9.17, 15) is 14.4 Å². The summed E-state index contributed by atoms with van der Waals surface area (Å²) in [5, 5.41) is 2.91. The first kappa shape index (κ1) is 25.8. The molecule has 1 fully saturated rings. The molecule has 3 heterocycles. The summed E-state index contributed by atoms with van der Waals surface area (Å²) in [7, 11) is 0. The van der Waals surface area contributed by atoms with Crippen molar-refractivity contribution < 1.29 is 4.79 Å². The number of hydrogen-bond acceptors (Lipinski definition) is 6. The minimum atomic E-state index is -0.720. The third-order valence-corrected chi connectivity index (χ3v) is 6.73. The summed E-state index contributed by atoms with van der Waals surface area (Å²) >= 11 is 0. The lowest BCUT2D eigenvalue weighted by Crippen LogP contribution is -2.47. The highest BCUT2D eigenvalue weighted by Gasteiger charge is 2.17. The van der Waals surface area contributed by atoms with Crippen molar-refractivity contribution in [3.63, 3.8) is 0 Å². The molecule has 4 rings (SSSR count). The van der Waals surface area contributed by atoms with Gasteiger partial charge in [0.1, 0.15) is 6.54 Å². The monoisotopic (exact) mass is 492 g/mol. The smallest absolute Gasteiger partial charge is 0.318 e. The second kappa shape index (κ2) is 12.1. The number of aromatic nitrogens is 3. The van der Waals surface area contributed by atoms with E-state index in [0.717, 1.165) is 56.8 Å². The highest BCUT2D eigenvalue weighted by atomic mass is 16.2. The number of nitrogens with zero attached hydrogens (tertiary/aromatic N) is 5. The lowest BCUT2D eigenvalue weighted by Gasteiger charge is -2.34. The number of carbonyl (C=O) groups is 1. The lowest BCUT2D eigenvalue weighted by atomic mass is 10.1. The van der Waals surface area contributed by atoms with Crippen LogP contribution in [-0.2, 0) is 17.9 Å².